The first-order chi connectivity index (χ1) is 9.11. The van der Waals surface area contributed by atoms with Gasteiger partial charge in [-0.3, -0.25) is 0 Å². The van der Waals surface area contributed by atoms with Crippen LogP contribution in [-0.4, -0.2) is 7.11 Å². The van der Waals surface area contributed by atoms with E-state index in [1.165, 1.54) is 0 Å². The minimum atomic E-state index is 0.0968. The van der Waals surface area contributed by atoms with Crippen molar-refractivity contribution in [2.45, 2.75) is 13.0 Å². The third kappa shape index (κ3) is 3.34. The van der Waals surface area contributed by atoms with Crippen LogP contribution in [0.25, 0.3) is 0 Å². The molecule has 0 saturated carbocycles. The van der Waals surface area contributed by atoms with Gasteiger partial charge in [0.2, 0.25) is 0 Å². The summed E-state index contributed by atoms with van der Waals surface area (Å²) in [5, 5.41) is 4.73. The van der Waals surface area contributed by atoms with Gasteiger partial charge in [0.25, 0.3) is 0 Å². The molecule has 0 aliphatic carbocycles. The van der Waals surface area contributed by atoms with Gasteiger partial charge in [0.1, 0.15) is 5.75 Å². The van der Waals surface area contributed by atoms with Gasteiger partial charge < -0.3 is 10.1 Å². The highest BCUT2D eigenvalue weighted by Crippen LogP contribution is 2.30. The summed E-state index contributed by atoms with van der Waals surface area (Å²) in [5.41, 5.74) is 1.99. The zero-order chi connectivity index (χ0) is 13.8. The molecular weight excluding hydrogens is 281 g/mol. The van der Waals surface area contributed by atoms with E-state index in [0.29, 0.717) is 10.8 Å². The van der Waals surface area contributed by atoms with Crippen molar-refractivity contribution in [2.24, 2.45) is 0 Å². The Balaban J connectivity index is 2.19. The minimum Gasteiger partial charge on any atom is -0.495 e. The van der Waals surface area contributed by atoms with Crippen molar-refractivity contribution >= 4 is 28.9 Å². The van der Waals surface area contributed by atoms with Crippen LogP contribution in [0, 0.1) is 0 Å². The molecule has 0 aliphatic rings. The molecule has 0 aliphatic heterocycles. The van der Waals surface area contributed by atoms with Gasteiger partial charge in [0.05, 0.1) is 12.1 Å². The maximum Gasteiger partial charge on any atom is 0.139 e. The zero-order valence-electron chi connectivity index (χ0n) is 10.8. The van der Waals surface area contributed by atoms with Crippen LogP contribution in [0.15, 0.2) is 42.5 Å². The standard InChI is InChI=1S/C15H15Cl2NO/c1-10(12-5-3-4-6-13(12)16)18-11-7-8-14(17)15(9-11)19-2/h3-10,18H,1-2H3. The lowest BCUT2D eigenvalue weighted by molar-refractivity contribution is 0.415. The van der Waals surface area contributed by atoms with Crippen LogP contribution in [0.4, 0.5) is 5.69 Å². The van der Waals surface area contributed by atoms with E-state index in [1.807, 2.05) is 42.5 Å². The number of ether oxygens (including phenoxy) is 1. The highest BCUT2D eigenvalue weighted by atomic mass is 35.5. The molecule has 0 radical (unpaired) electrons. The normalized spacial score (nSPS) is 12.0. The summed E-state index contributed by atoms with van der Waals surface area (Å²) in [6.07, 6.45) is 0. The zero-order valence-corrected chi connectivity index (χ0v) is 12.3. The summed E-state index contributed by atoms with van der Waals surface area (Å²) in [6.45, 7) is 2.06. The van der Waals surface area contributed by atoms with Crippen molar-refractivity contribution in [1.29, 1.82) is 0 Å². The fourth-order valence-electron chi connectivity index (χ4n) is 1.90. The average Bonchev–Trinajstić information content (AvgIpc) is 2.41. The third-order valence-electron chi connectivity index (χ3n) is 2.91. The Morgan fingerprint density at radius 1 is 1.05 bits per heavy atom. The van der Waals surface area contributed by atoms with Gasteiger partial charge in [-0.25, -0.2) is 0 Å². The molecule has 0 aromatic heterocycles. The molecule has 0 bridgehead atoms. The first kappa shape index (κ1) is 14.0. The smallest absolute Gasteiger partial charge is 0.139 e. The second-order valence-corrected chi connectivity index (χ2v) is 5.05. The topological polar surface area (TPSA) is 21.3 Å². The second-order valence-electron chi connectivity index (χ2n) is 4.24. The molecule has 0 spiro atoms. The molecule has 1 N–H and O–H groups in total. The molecule has 0 amide bonds. The predicted molar refractivity (Wildman–Crippen MR) is 81.5 cm³/mol. The van der Waals surface area contributed by atoms with Crippen molar-refractivity contribution in [3.63, 3.8) is 0 Å². The molecule has 100 valence electrons. The highest BCUT2D eigenvalue weighted by molar-refractivity contribution is 6.32. The quantitative estimate of drug-likeness (QED) is 0.839. The highest BCUT2D eigenvalue weighted by Gasteiger charge is 2.10. The van der Waals surface area contributed by atoms with Crippen LogP contribution < -0.4 is 10.1 Å². The SMILES string of the molecule is COc1cc(NC(C)c2ccccc2Cl)ccc1Cl. The van der Waals surface area contributed by atoms with Crippen LogP contribution in [-0.2, 0) is 0 Å². The summed E-state index contributed by atoms with van der Waals surface area (Å²) in [4.78, 5) is 0. The number of hydrogen-bond donors (Lipinski definition) is 1. The van der Waals surface area contributed by atoms with Crippen molar-refractivity contribution < 1.29 is 4.74 Å². The molecule has 19 heavy (non-hydrogen) atoms. The number of nitrogens with one attached hydrogen (secondary N) is 1. The summed E-state index contributed by atoms with van der Waals surface area (Å²) < 4.78 is 5.20. The fraction of sp³-hybridized carbons (Fsp3) is 0.200. The summed E-state index contributed by atoms with van der Waals surface area (Å²) in [5.74, 6) is 0.651. The first-order valence-electron chi connectivity index (χ1n) is 5.96. The van der Waals surface area contributed by atoms with E-state index in [4.69, 9.17) is 27.9 Å². The molecule has 2 aromatic carbocycles. The molecule has 4 heteroatoms. The maximum absolute atomic E-state index is 6.18. The van der Waals surface area contributed by atoms with Crippen molar-refractivity contribution in [3.05, 3.63) is 58.1 Å². The average molecular weight is 296 g/mol. The Morgan fingerprint density at radius 3 is 2.47 bits per heavy atom. The lowest BCUT2D eigenvalue weighted by Crippen LogP contribution is -2.07. The van der Waals surface area contributed by atoms with E-state index in [-0.39, 0.29) is 6.04 Å². The van der Waals surface area contributed by atoms with Gasteiger partial charge in [0.15, 0.2) is 0 Å². The van der Waals surface area contributed by atoms with Crippen LogP contribution in [0.1, 0.15) is 18.5 Å². The van der Waals surface area contributed by atoms with Crippen LogP contribution in [0.3, 0.4) is 0 Å². The molecule has 0 fully saturated rings. The van der Waals surface area contributed by atoms with E-state index in [9.17, 15) is 0 Å². The molecule has 2 aromatic rings. The third-order valence-corrected chi connectivity index (χ3v) is 3.56. The Kier molecular flexibility index (Phi) is 4.56. The van der Waals surface area contributed by atoms with Crippen molar-refractivity contribution in [3.8, 4) is 5.75 Å². The minimum absolute atomic E-state index is 0.0968. The van der Waals surface area contributed by atoms with Gasteiger partial charge in [-0.05, 0) is 30.7 Å². The van der Waals surface area contributed by atoms with Gasteiger partial charge in [-0.2, -0.15) is 0 Å². The van der Waals surface area contributed by atoms with Gasteiger partial charge in [-0.1, -0.05) is 41.4 Å². The second kappa shape index (κ2) is 6.18. The summed E-state index contributed by atoms with van der Waals surface area (Å²) >= 11 is 12.2. The monoisotopic (exact) mass is 295 g/mol. The van der Waals surface area contributed by atoms with Crippen LogP contribution in [0.5, 0.6) is 5.75 Å². The van der Waals surface area contributed by atoms with E-state index in [0.717, 1.165) is 16.3 Å². The molecule has 0 heterocycles. The lowest BCUT2D eigenvalue weighted by Gasteiger charge is -2.17. The van der Waals surface area contributed by atoms with Gasteiger partial charge in [-0.15, -0.1) is 0 Å². The molecule has 1 atom stereocenters. The fourth-order valence-corrected chi connectivity index (χ4v) is 2.40. The van der Waals surface area contributed by atoms with E-state index in [2.05, 4.69) is 12.2 Å². The number of methoxy groups -OCH3 is 1. The molecule has 1 unspecified atom stereocenters. The van der Waals surface area contributed by atoms with Crippen molar-refractivity contribution in [1.82, 2.24) is 0 Å². The Hall–Kier alpha value is -1.38. The van der Waals surface area contributed by atoms with Gasteiger partial charge >= 0.3 is 0 Å². The van der Waals surface area contributed by atoms with E-state index < -0.39 is 0 Å². The van der Waals surface area contributed by atoms with Crippen LogP contribution in [0.2, 0.25) is 10.0 Å². The van der Waals surface area contributed by atoms with E-state index in [1.54, 1.807) is 7.11 Å². The summed E-state index contributed by atoms with van der Waals surface area (Å²) in [7, 11) is 1.60. The summed E-state index contributed by atoms with van der Waals surface area (Å²) in [6, 6.07) is 13.5. The maximum atomic E-state index is 6.18. The van der Waals surface area contributed by atoms with Crippen LogP contribution >= 0.6 is 23.2 Å². The number of halogens is 2. The first-order valence-corrected chi connectivity index (χ1v) is 6.72. The number of benzene rings is 2. The molecule has 0 saturated heterocycles. The predicted octanol–water partition coefficient (Wildman–Crippen LogP) is 5.18. The molecule has 2 nitrogen and oxygen atoms in total. The number of rotatable bonds is 4. The Morgan fingerprint density at radius 2 is 1.79 bits per heavy atom. The van der Waals surface area contributed by atoms with E-state index >= 15 is 0 Å². The molecule has 2 rings (SSSR count). The molecular formula is C15H15Cl2NO. The number of hydrogen-bond acceptors (Lipinski definition) is 2. The Bertz CT molecular complexity index is 572. The Labute approximate surface area is 123 Å². The largest absolute Gasteiger partial charge is 0.495 e. The van der Waals surface area contributed by atoms with Gasteiger partial charge in [0, 0.05) is 22.8 Å². The van der Waals surface area contributed by atoms with Crippen molar-refractivity contribution in [2.75, 3.05) is 12.4 Å². The number of anilines is 1. The lowest BCUT2D eigenvalue weighted by atomic mass is 10.1.